The Labute approximate surface area is 122 Å². The minimum atomic E-state index is -1.04. The summed E-state index contributed by atoms with van der Waals surface area (Å²) >= 11 is 3.36. The molecule has 2 rings (SSSR count). The maximum atomic E-state index is 9.58. The van der Waals surface area contributed by atoms with Gasteiger partial charge in [-0.25, -0.2) is 4.98 Å². The molecule has 4 nitrogen and oxygen atoms in total. The van der Waals surface area contributed by atoms with Crippen LogP contribution in [0.3, 0.4) is 0 Å². The third-order valence-corrected chi connectivity index (χ3v) is 5.47. The lowest BCUT2D eigenvalue weighted by molar-refractivity contribution is 0.0899. The molecule has 0 amide bonds. The summed E-state index contributed by atoms with van der Waals surface area (Å²) in [6, 6.07) is 3.08. The van der Waals surface area contributed by atoms with E-state index in [0.717, 1.165) is 23.7 Å². The van der Waals surface area contributed by atoms with E-state index in [4.69, 9.17) is 4.74 Å². The zero-order valence-electron chi connectivity index (χ0n) is 11.5. The van der Waals surface area contributed by atoms with E-state index < -0.39 is 8.07 Å². The lowest BCUT2D eigenvalue weighted by Crippen LogP contribution is -2.22. The molecule has 0 bridgehead atoms. The Balaban J connectivity index is 2.04. The second-order valence-electron chi connectivity index (χ2n) is 5.83. The van der Waals surface area contributed by atoms with Crippen LogP contribution in [0, 0.1) is 0 Å². The fraction of sp³-hybridized carbons (Fsp3) is 0.462. The molecule has 0 aliphatic carbocycles. The monoisotopic (exact) mass is 342 g/mol. The van der Waals surface area contributed by atoms with Gasteiger partial charge in [0, 0.05) is 26.3 Å². The summed E-state index contributed by atoms with van der Waals surface area (Å²) < 4.78 is 8.34. The predicted octanol–water partition coefficient (Wildman–Crippen LogP) is 3.82. The van der Waals surface area contributed by atoms with Gasteiger partial charge in [0.05, 0.1) is 10.7 Å². The number of aromatic hydroxyl groups is 1. The van der Waals surface area contributed by atoms with Gasteiger partial charge in [-0.2, -0.15) is 0 Å². The van der Waals surface area contributed by atoms with Gasteiger partial charge in [-0.05, 0) is 28.0 Å². The molecule has 0 radical (unpaired) electrons. The lowest BCUT2D eigenvalue weighted by atomic mass is 10.3. The smallest absolute Gasteiger partial charge is 0.148 e. The van der Waals surface area contributed by atoms with Gasteiger partial charge < -0.3 is 14.4 Å². The molecular weight excluding hydrogens is 324 g/mol. The highest BCUT2D eigenvalue weighted by molar-refractivity contribution is 9.10. The Morgan fingerprint density at radius 3 is 2.84 bits per heavy atom. The molecule has 2 aromatic rings. The van der Waals surface area contributed by atoms with Crippen LogP contribution in [0.2, 0.25) is 25.7 Å². The molecule has 2 heterocycles. The van der Waals surface area contributed by atoms with Gasteiger partial charge in [-0.3, -0.25) is 0 Å². The SMILES string of the molecule is C[Si](C)(C)CCOCn1ccc2c(Br)c(O)cnc21. The fourth-order valence-corrected chi connectivity index (χ4v) is 2.91. The number of fused-ring (bicyclic) bond motifs is 1. The van der Waals surface area contributed by atoms with Crippen molar-refractivity contribution in [3.63, 3.8) is 0 Å². The molecule has 0 aromatic carbocycles. The minimum absolute atomic E-state index is 0.157. The van der Waals surface area contributed by atoms with E-state index in [1.54, 1.807) is 0 Å². The highest BCUT2D eigenvalue weighted by atomic mass is 79.9. The Morgan fingerprint density at radius 1 is 1.42 bits per heavy atom. The first-order valence-electron chi connectivity index (χ1n) is 6.28. The molecule has 1 N–H and O–H groups in total. The maximum absolute atomic E-state index is 9.58. The third kappa shape index (κ3) is 3.58. The number of pyridine rings is 1. The van der Waals surface area contributed by atoms with E-state index in [1.165, 1.54) is 6.20 Å². The molecule has 2 aromatic heterocycles. The fourth-order valence-electron chi connectivity index (χ4n) is 1.74. The van der Waals surface area contributed by atoms with Gasteiger partial charge in [0.2, 0.25) is 0 Å². The van der Waals surface area contributed by atoms with Gasteiger partial charge in [-0.1, -0.05) is 19.6 Å². The number of nitrogens with zero attached hydrogens (tertiary/aromatic N) is 2. The van der Waals surface area contributed by atoms with Crippen LogP contribution >= 0.6 is 15.9 Å². The molecule has 6 heteroatoms. The van der Waals surface area contributed by atoms with Crippen LogP contribution in [0.4, 0.5) is 0 Å². The number of hydrogen-bond acceptors (Lipinski definition) is 3. The predicted molar refractivity (Wildman–Crippen MR) is 83.2 cm³/mol. The summed E-state index contributed by atoms with van der Waals surface area (Å²) in [5, 5.41) is 10.5. The van der Waals surface area contributed by atoms with E-state index >= 15 is 0 Å². The maximum Gasteiger partial charge on any atom is 0.148 e. The number of aromatic nitrogens is 2. The molecule has 0 saturated carbocycles. The van der Waals surface area contributed by atoms with Crippen LogP contribution in [0.1, 0.15) is 0 Å². The van der Waals surface area contributed by atoms with Crippen LogP contribution < -0.4 is 0 Å². The molecule has 0 aliphatic rings. The Hall–Kier alpha value is -0.853. The Bertz CT molecular complexity index is 578. The van der Waals surface area contributed by atoms with E-state index in [1.807, 2.05) is 16.8 Å². The van der Waals surface area contributed by atoms with Crippen molar-refractivity contribution in [1.82, 2.24) is 9.55 Å². The minimum Gasteiger partial charge on any atom is -0.505 e. The standard InChI is InChI=1S/C13H19BrN2O2Si/c1-19(2,3)7-6-18-9-16-5-4-10-12(14)11(17)8-15-13(10)16/h4-5,8,17H,6-7,9H2,1-3H3. The molecule has 104 valence electrons. The zero-order valence-corrected chi connectivity index (χ0v) is 14.1. The number of rotatable bonds is 5. The van der Waals surface area contributed by atoms with Crippen molar-refractivity contribution < 1.29 is 9.84 Å². The van der Waals surface area contributed by atoms with Gasteiger partial charge in [0.15, 0.2) is 0 Å². The molecule has 0 aliphatic heterocycles. The molecule has 0 spiro atoms. The molecular formula is C13H19BrN2O2Si. The molecule has 0 atom stereocenters. The summed E-state index contributed by atoms with van der Waals surface area (Å²) in [5.41, 5.74) is 0.817. The summed E-state index contributed by atoms with van der Waals surface area (Å²) in [5.74, 6) is 0.157. The van der Waals surface area contributed by atoms with Gasteiger partial charge in [0.25, 0.3) is 0 Å². The van der Waals surface area contributed by atoms with E-state index in [0.29, 0.717) is 11.2 Å². The van der Waals surface area contributed by atoms with Crippen molar-refractivity contribution in [2.45, 2.75) is 32.4 Å². The number of hydrogen-bond donors (Lipinski definition) is 1. The third-order valence-electron chi connectivity index (χ3n) is 2.93. The lowest BCUT2D eigenvalue weighted by Gasteiger charge is -2.15. The number of ether oxygens (including phenoxy) is 1. The van der Waals surface area contributed by atoms with E-state index in [9.17, 15) is 5.11 Å². The van der Waals surface area contributed by atoms with Crippen molar-refractivity contribution in [2.24, 2.45) is 0 Å². The van der Waals surface area contributed by atoms with Gasteiger partial charge in [-0.15, -0.1) is 0 Å². The first-order chi connectivity index (χ1) is 8.88. The van der Waals surface area contributed by atoms with Crippen molar-refractivity contribution in [3.8, 4) is 5.75 Å². The van der Waals surface area contributed by atoms with Gasteiger partial charge >= 0.3 is 0 Å². The Kier molecular flexibility index (Phi) is 4.32. The number of halogens is 1. The second-order valence-corrected chi connectivity index (χ2v) is 12.2. The second kappa shape index (κ2) is 5.64. The van der Waals surface area contributed by atoms with Crippen molar-refractivity contribution in [2.75, 3.05) is 6.61 Å². The van der Waals surface area contributed by atoms with Gasteiger partial charge in [0.1, 0.15) is 18.1 Å². The average Bonchev–Trinajstić information content (AvgIpc) is 2.72. The summed E-state index contributed by atoms with van der Waals surface area (Å²) in [7, 11) is -1.04. The van der Waals surface area contributed by atoms with Crippen LogP contribution in [0.5, 0.6) is 5.75 Å². The first-order valence-corrected chi connectivity index (χ1v) is 10.8. The summed E-state index contributed by atoms with van der Waals surface area (Å²) in [6.45, 7) is 8.29. The Morgan fingerprint density at radius 2 is 2.16 bits per heavy atom. The highest BCUT2D eigenvalue weighted by Crippen LogP contribution is 2.31. The van der Waals surface area contributed by atoms with Crippen LogP contribution in [0.25, 0.3) is 11.0 Å². The van der Waals surface area contributed by atoms with Crippen molar-refractivity contribution >= 4 is 35.0 Å². The molecule has 19 heavy (non-hydrogen) atoms. The zero-order chi connectivity index (χ0) is 14.0. The first kappa shape index (κ1) is 14.6. The van der Waals surface area contributed by atoms with Crippen molar-refractivity contribution in [1.29, 1.82) is 0 Å². The normalized spacial score (nSPS) is 12.2. The molecule has 0 fully saturated rings. The quantitative estimate of drug-likeness (QED) is 0.663. The molecule has 0 saturated heterocycles. The summed E-state index contributed by atoms with van der Waals surface area (Å²) in [4.78, 5) is 4.24. The van der Waals surface area contributed by atoms with Crippen molar-refractivity contribution in [3.05, 3.63) is 22.9 Å². The summed E-state index contributed by atoms with van der Waals surface area (Å²) in [6.07, 6.45) is 3.38. The van der Waals surface area contributed by atoms with E-state index in [-0.39, 0.29) is 5.75 Å². The van der Waals surface area contributed by atoms with Crippen LogP contribution in [0.15, 0.2) is 22.9 Å². The van der Waals surface area contributed by atoms with E-state index in [2.05, 4.69) is 40.6 Å². The average molecular weight is 343 g/mol. The van der Waals surface area contributed by atoms with Crippen LogP contribution in [-0.4, -0.2) is 29.3 Å². The topological polar surface area (TPSA) is 47.3 Å². The molecule has 0 unspecified atom stereocenters. The highest BCUT2D eigenvalue weighted by Gasteiger charge is 2.13. The van der Waals surface area contributed by atoms with Crippen LogP contribution in [-0.2, 0) is 11.5 Å². The largest absolute Gasteiger partial charge is 0.505 e.